The molecular formula is C14H22N2O4S. The topological polar surface area (TPSA) is 105 Å². The van der Waals surface area contributed by atoms with Crippen molar-refractivity contribution in [3.8, 4) is 11.5 Å². The summed E-state index contributed by atoms with van der Waals surface area (Å²) >= 11 is 0. The van der Waals surface area contributed by atoms with Crippen LogP contribution >= 0.6 is 0 Å². The van der Waals surface area contributed by atoms with Crippen molar-refractivity contribution in [2.24, 2.45) is 11.5 Å². The molecule has 4 N–H and O–H groups in total. The van der Waals surface area contributed by atoms with Crippen LogP contribution in [-0.2, 0) is 9.84 Å². The summed E-state index contributed by atoms with van der Waals surface area (Å²) in [6, 6.07) is 5.31. The largest absolute Gasteiger partial charge is 0.493 e. The number of nitrogens with two attached hydrogens (primary N) is 2. The third kappa shape index (κ3) is 3.48. The van der Waals surface area contributed by atoms with Crippen molar-refractivity contribution in [1.29, 1.82) is 0 Å². The van der Waals surface area contributed by atoms with Gasteiger partial charge in [-0.25, -0.2) is 8.42 Å². The molecule has 1 aliphatic rings. The Labute approximate surface area is 125 Å². The molecule has 0 spiro atoms. The summed E-state index contributed by atoms with van der Waals surface area (Å²) in [4.78, 5) is 0. The summed E-state index contributed by atoms with van der Waals surface area (Å²) in [7, 11) is -1.57. The second-order valence-electron chi connectivity index (χ2n) is 5.37. The van der Waals surface area contributed by atoms with E-state index >= 15 is 0 Å². The molecule has 0 radical (unpaired) electrons. The number of methoxy groups -OCH3 is 1. The molecule has 0 amide bonds. The second-order valence-corrected chi connectivity index (χ2v) is 7.60. The number of rotatable bonds is 4. The normalized spacial score (nSPS) is 23.5. The molecule has 118 valence electrons. The average molecular weight is 314 g/mol. The second kappa shape index (κ2) is 5.82. The Morgan fingerprint density at radius 1 is 1.33 bits per heavy atom. The number of benzene rings is 1. The summed E-state index contributed by atoms with van der Waals surface area (Å²) < 4.78 is 34.5. The van der Waals surface area contributed by atoms with Gasteiger partial charge in [0, 0.05) is 5.92 Å². The maximum absolute atomic E-state index is 11.9. The van der Waals surface area contributed by atoms with Crippen LogP contribution in [0.25, 0.3) is 0 Å². The molecule has 1 atom stereocenters. The molecule has 1 fully saturated rings. The van der Waals surface area contributed by atoms with Crippen LogP contribution in [0.4, 0.5) is 0 Å². The fourth-order valence-electron chi connectivity index (χ4n) is 2.58. The molecule has 0 aliphatic carbocycles. The van der Waals surface area contributed by atoms with Crippen molar-refractivity contribution in [3.05, 3.63) is 23.8 Å². The number of sulfone groups is 1. The molecule has 1 aromatic rings. The van der Waals surface area contributed by atoms with Crippen LogP contribution in [0.15, 0.2) is 18.2 Å². The van der Waals surface area contributed by atoms with Crippen LogP contribution in [-0.4, -0.2) is 39.3 Å². The van der Waals surface area contributed by atoms with E-state index in [1.807, 2.05) is 6.92 Å². The molecule has 0 bridgehead atoms. The van der Waals surface area contributed by atoms with Crippen LogP contribution in [0.5, 0.6) is 11.5 Å². The van der Waals surface area contributed by atoms with Crippen LogP contribution in [0, 0.1) is 0 Å². The molecule has 1 saturated heterocycles. The minimum absolute atomic E-state index is 0.0327. The van der Waals surface area contributed by atoms with Gasteiger partial charge in [-0.05, 0) is 31.0 Å². The quantitative estimate of drug-likeness (QED) is 0.789. The van der Waals surface area contributed by atoms with Crippen LogP contribution in [0.2, 0.25) is 0 Å². The summed E-state index contributed by atoms with van der Waals surface area (Å²) in [5.74, 6) is 0.694. The van der Waals surface area contributed by atoms with Crippen molar-refractivity contribution in [3.63, 3.8) is 0 Å². The number of ether oxygens (including phenoxy) is 2. The maximum Gasteiger partial charge on any atom is 0.161 e. The van der Waals surface area contributed by atoms with Gasteiger partial charge in [0.05, 0.1) is 30.9 Å². The Morgan fingerprint density at radius 3 is 2.67 bits per heavy atom. The molecule has 0 unspecified atom stereocenters. The lowest BCUT2D eigenvalue weighted by molar-refractivity contribution is 0.308. The highest BCUT2D eigenvalue weighted by Crippen LogP contribution is 2.37. The molecule has 7 heteroatoms. The molecule has 0 aromatic heterocycles. The van der Waals surface area contributed by atoms with Crippen LogP contribution in [0.1, 0.15) is 24.8 Å². The van der Waals surface area contributed by atoms with E-state index in [1.165, 1.54) is 0 Å². The smallest absolute Gasteiger partial charge is 0.161 e. The predicted octanol–water partition coefficient (Wildman–Crippen LogP) is 0.610. The highest BCUT2D eigenvalue weighted by molar-refractivity contribution is 7.91. The van der Waals surface area contributed by atoms with Gasteiger partial charge in [0.1, 0.15) is 0 Å². The van der Waals surface area contributed by atoms with E-state index < -0.39 is 21.4 Å². The lowest BCUT2D eigenvalue weighted by Gasteiger charge is -2.38. The van der Waals surface area contributed by atoms with Gasteiger partial charge in [0.15, 0.2) is 21.3 Å². The van der Waals surface area contributed by atoms with Gasteiger partial charge in [-0.2, -0.15) is 0 Å². The summed E-state index contributed by atoms with van der Waals surface area (Å²) in [5.41, 5.74) is 11.9. The molecule has 1 aromatic carbocycles. The summed E-state index contributed by atoms with van der Waals surface area (Å²) in [6.45, 7) is 2.35. The van der Waals surface area contributed by atoms with Crippen LogP contribution < -0.4 is 20.9 Å². The monoisotopic (exact) mass is 314 g/mol. The third-order valence-corrected chi connectivity index (χ3v) is 5.47. The maximum atomic E-state index is 11.9. The van der Waals surface area contributed by atoms with Gasteiger partial charge < -0.3 is 20.9 Å². The number of hydrogen-bond acceptors (Lipinski definition) is 6. The van der Waals surface area contributed by atoms with E-state index in [9.17, 15) is 8.42 Å². The van der Waals surface area contributed by atoms with Crippen molar-refractivity contribution in [1.82, 2.24) is 0 Å². The molecule has 0 saturated carbocycles. The van der Waals surface area contributed by atoms with E-state index in [1.54, 1.807) is 25.3 Å². The SMILES string of the molecule is CCOc1cc([C@H]2CS(=O)(=O)CCC2(N)N)ccc1OC. The first-order valence-electron chi connectivity index (χ1n) is 6.88. The predicted molar refractivity (Wildman–Crippen MR) is 81.3 cm³/mol. The van der Waals surface area contributed by atoms with Crippen molar-refractivity contribution < 1.29 is 17.9 Å². The number of hydrogen-bond donors (Lipinski definition) is 2. The van der Waals surface area contributed by atoms with Gasteiger partial charge in [-0.1, -0.05) is 6.07 Å². The first kappa shape index (κ1) is 16.1. The molecule has 1 heterocycles. The Balaban J connectivity index is 2.41. The van der Waals surface area contributed by atoms with Crippen LogP contribution in [0.3, 0.4) is 0 Å². The highest BCUT2D eigenvalue weighted by Gasteiger charge is 2.41. The minimum atomic E-state index is -3.12. The fraction of sp³-hybridized carbons (Fsp3) is 0.571. The molecule has 6 nitrogen and oxygen atoms in total. The van der Waals surface area contributed by atoms with Gasteiger partial charge in [0.2, 0.25) is 0 Å². The average Bonchev–Trinajstić information content (AvgIpc) is 2.42. The first-order valence-corrected chi connectivity index (χ1v) is 8.70. The molecule has 2 rings (SSSR count). The Morgan fingerprint density at radius 2 is 2.05 bits per heavy atom. The zero-order valence-corrected chi connectivity index (χ0v) is 13.2. The van der Waals surface area contributed by atoms with Gasteiger partial charge in [-0.15, -0.1) is 0 Å². The lowest BCUT2D eigenvalue weighted by atomic mass is 9.86. The molecule has 21 heavy (non-hydrogen) atoms. The van der Waals surface area contributed by atoms with E-state index in [0.29, 0.717) is 18.1 Å². The zero-order chi connectivity index (χ0) is 15.7. The first-order chi connectivity index (χ1) is 9.79. The van der Waals surface area contributed by atoms with Crippen molar-refractivity contribution in [2.45, 2.75) is 24.9 Å². The van der Waals surface area contributed by atoms with E-state index in [4.69, 9.17) is 20.9 Å². The van der Waals surface area contributed by atoms with Crippen molar-refractivity contribution >= 4 is 9.84 Å². The van der Waals surface area contributed by atoms with E-state index in [2.05, 4.69) is 0 Å². The molecular weight excluding hydrogens is 292 g/mol. The highest BCUT2D eigenvalue weighted by atomic mass is 32.2. The minimum Gasteiger partial charge on any atom is -0.493 e. The van der Waals surface area contributed by atoms with Crippen molar-refractivity contribution in [2.75, 3.05) is 25.2 Å². The van der Waals surface area contributed by atoms with Gasteiger partial charge in [-0.3, -0.25) is 0 Å². The zero-order valence-electron chi connectivity index (χ0n) is 12.3. The van der Waals surface area contributed by atoms with E-state index in [0.717, 1.165) is 5.56 Å². The Bertz CT molecular complexity index is 613. The van der Waals surface area contributed by atoms with Gasteiger partial charge in [0.25, 0.3) is 0 Å². The standard InChI is InChI=1S/C14H22N2O4S/c1-3-20-13-8-10(4-5-12(13)19-2)11-9-21(17,18)7-6-14(11,15)16/h4-5,8,11H,3,6-7,9,15-16H2,1-2H3/t11-/m1/s1. The lowest BCUT2D eigenvalue weighted by Crippen LogP contribution is -2.59. The Hall–Kier alpha value is -1.31. The van der Waals surface area contributed by atoms with Gasteiger partial charge >= 0.3 is 0 Å². The molecule has 1 aliphatic heterocycles. The summed E-state index contributed by atoms with van der Waals surface area (Å²) in [5, 5.41) is 0. The van der Waals surface area contributed by atoms with E-state index in [-0.39, 0.29) is 17.9 Å². The summed E-state index contributed by atoms with van der Waals surface area (Å²) in [6.07, 6.45) is 0.246. The fourth-order valence-corrected chi connectivity index (χ4v) is 4.43. The third-order valence-electron chi connectivity index (χ3n) is 3.81. The Kier molecular flexibility index (Phi) is 4.46.